The summed E-state index contributed by atoms with van der Waals surface area (Å²) in [4.78, 5) is 16.5. The van der Waals surface area contributed by atoms with Crippen LogP contribution in [0.5, 0.6) is 0 Å². The van der Waals surface area contributed by atoms with Gasteiger partial charge in [-0.3, -0.25) is 5.32 Å². The van der Waals surface area contributed by atoms with Gasteiger partial charge >= 0.3 is 6.03 Å². The van der Waals surface area contributed by atoms with Crippen molar-refractivity contribution >= 4 is 32.5 Å². The van der Waals surface area contributed by atoms with E-state index in [1.807, 2.05) is 0 Å². The number of urea groups is 1. The number of aromatic nitrogens is 1. The Bertz CT molecular complexity index is 1040. The second kappa shape index (κ2) is 7.96. The summed E-state index contributed by atoms with van der Waals surface area (Å²) in [6, 6.07) is 2.21. The zero-order valence-electron chi connectivity index (χ0n) is 15.5. The van der Waals surface area contributed by atoms with Crippen LogP contribution in [0, 0.1) is 11.6 Å². The number of rotatable bonds is 4. The Morgan fingerprint density at radius 3 is 2.76 bits per heavy atom. The first-order valence-corrected chi connectivity index (χ1v) is 11.6. The highest BCUT2D eigenvalue weighted by Crippen LogP contribution is 2.32. The standard InChI is InChI=1S/C18H20F2N4O3S2/c19-11-5-6-13(20)16(9-11)29(26,27)24-8-7-14-15(10-24)28-18(22-14)23-17(25)21-12-3-1-2-4-12/h5-6,9,12H,1-4,7-8,10H2,(H2,21,22,23,25). The number of carbonyl (C=O) groups excluding carboxylic acids is 1. The summed E-state index contributed by atoms with van der Waals surface area (Å²) in [5, 5.41) is 6.01. The van der Waals surface area contributed by atoms with Gasteiger partial charge in [-0.2, -0.15) is 4.31 Å². The monoisotopic (exact) mass is 442 g/mol. The molecule has 1 aliphatic heterocycles. The molecule has 1 saturated carbocycles. The lowest BCUT2D eigenvalue weighted by Gasteiger charge is -2.25. The van der Waals surface area contributed by atoms with E-state index in [2.05, 4.69) is 15.6 Å². The van der Waals surface area contributed by atoms with E-state index in [0.717, 1.165) is 42.1 Å². The Labute approximate surface area is 171 Å². The Morgan fingerprint density at radius 1 is 1.24 bits per heavy atom. The molecule has 1 fully saturated rings. The first kappa shape index (κ1) is 20.2. The molecule has 1 aromatic heterocycles. The first-order valence-electron chi connectivity index (χ1n) is 9.34. The molecular formula is C18H20F2N4O3S2. The van der Waals surface area contributed by atoms with Crippen molar-refractivity contribution in [3.8, 4) is 0 Å². The van der Waals surface area contributed by atoms with E-state index >= 15 is 0 Å². The predicted octanol–water partition coefficient (Wildman–Crippen LogP) is 3.23. The molecule has 2 aromatic rings. The molecule has 0 spiro atoms. The molecule has 29 heavy (non-hydrogen) atoms. The molecule has 1 aromatic carbocycles. The van der Waals surface area contributed by atoms with Gasteiger partial charge in [0.2, 0.25) is 10.0 Å². The zero-order chi connectivity index (χ0) is 20.6. The van der Waals surface area contributed by atoms with Gasteiger partial charge in [-0.15, -0.1) is 0 Å². The first-order chi connectivity index (χ1) is 13.8. The molecule has 0 unspecified atom stereocenters. The maximum Gasteiger partial charge on any atom is 0.321 e. The highest BCUT2D eigenvalue weighted by atomic mass is 32.2. The van der Waals surface area contributed by atoms with E-state index in [0.29, 0.717) is 28.2 Å². The van der Waals surface area contributed by atoms with Crippen LogP contribution in [0.25, 0.3) is 0 Å². The van der Waals surface area contributed by atoms with Crippen molar-refractivity contribution in [2.45, 2.75) is 49.6 Å². The Hall–Kier alpha value is -2.11. The van der Waals surface area contributed by atoms with Crippen LogP contribution < -0.4 is 10.6 Å². The number of halogens is 2. The minimum atomic E-state index is -4.19. The van der Waals surface area contributed by atoms with Gasteiger partial charge in [0.25, 0.3) is 0 Å². The summed E-state index contributed by atoms with van der Waals surface area (Å²) < 4.78 is 54.1. The fourth-order valence-electron chi connectivity index (χ4n) is 3.63. The molecule has 0 atom stereocenters. The van der Waals surface area contributed by atoms with Crippen LogP contribution in [-0.2, 0) is 23.0 Å². The van der Waals surface area contributed by atoms with Crippen LogP contribution >= 0.6 is 11.3 Å². The van der Waals surface area contributed by atoms with Gasteiger partial charge in [0.05, 0.1) is 12.2 Å². The largest absolute Gasteiger partial charge is 0.335 e. The molecule has 2 aliphatic rings. The van der Waals surface area contributed by atoms with Gasteiger partial charge in [-0.25, -0.2) is 27.0 Å². The number of sulfonamides is 1. The minimum absolute atomic E-state index is 0.00277. The van der Waals surface area contributed by atoms with Crippen molar-refractivity contribution < 1.29 is 22.0 Å². The number of hydrogen-bond donors (Lipinski definition) is 2. The number of amides is 2. The molecule has 11 heteroatoms. The number of fused-ring (bicyclic) bond motifs is 1. The number of nitrogens with zero attached hydrogens (tertiary/aromatic N) is 2. The Balaban J connectivity index is 1.47. The van der Waals surface area contributed by atoms with Crippen molar-refractivity contribution in [2.24, 2.45) is 0 Å². The zero-order valence-corrected chi connectivity index (χ0v) is 17.1. The fraction of sp³-hybridized carbons (Fsp3) is 0.444. The van der Waals surface area contributed by atoms with Crippen LogP contribution in [0.2, 0.25) is 0 Å². The van der Waals surface area contributed by atoms with E-state index in [-0.39, 0.29) is 25.2 Å². The van der Waals surface area contributed by atoms with E-state index in [9.17, 15) is 22.0 Å². The Morgan fingerprint density at radius 2 is 2.00 bits per heavy atom. The molecule has 2 heterocycles. The smallest absolute Gasteiger partial charge is 0.321 e. The normalized spacial score (nSPS) is 17.9. The van der Waals surface area contributed by atoms with Crippen molar-refractivity contribution in [1.82, 2.24) is 14.6 Å². The van der Waals surface area contributed by atoms with Gasteiger partial charge < -0.3 is 5.32 Å². The number of hydrogen-bond acceptors (Lipinski definition) is 5. The van der Waals surface area contributed by atoms with Gasteiger partial charge in [0, 0.05) is 23.9 Å². The average Bonchev–Trinajstić information content (AvgIpc) is 3.31. The third kappa shape index (κ3) is 4.26. The molecular weight excluding hydrogens is 422 g/mol. The third-order valence-corrected chi connectivity index (χ3v) is 7.98. The Kier molecular flexibility index (Phi) is 5.54. The molecule has 0 saturated heterocycles. The predicted molar refractivity (Wildman–Crippen MR) is 104 cm³/mol. The summed E-state index contributed by atoms with van der Waals surface area (Å²) in [6.07, 6.45) is 4.46. The third-order valence-electron chi connectivity index (χ3n) is 5.12. The lowest BCUT2D eigenvalue weighted by atomic mass is 10.2. The molecule has 156 valence electrons. The molecule has 1 aliphatic carbocycles. The second-order valence-electron chi connectivity index (χ2n) is 7.13. The highest BCUT2D eigenvalue weighted by Gasteiger charge is 2.32. The van der Waals surface area contributed by atoms with Crippen LogP contribution in [-0.4, -0.2) is 36.3 Å². The van der Waals surface area contributed by atoms with Crippen molar-refractivity contribution in [1.29, 1.82) is 0 Å². The summed E-state index contributed by atoms with van der Waals surface area (Å²) in [6.45, 7) is 0.0972. The van der Waals surface area contributed by atoms with Crippen LogP contribution in [0.15, 0.2) is 23.1 Å². The van der Waals surface area contributed by atoms with E-state index in [1.165, 1.54) is 11.3 Å². The average molecular weight is 443 g/mol. The van der Waals surface area contributed by atoms with E-state index < -0.39 is 26.6 Å². The highest BCUT2D eigenvalue weighted by molar-refractivity contribution is 7.89. The van der Waals surface area contributed by atoms with Crippen LogP contribution in [0.3, 0.4) is 0 Å². The fourth-order valence-corrected chi connectivity index (χ4v) is 6.22. The topological polar surface area (TPSA) is 91.4 Å². The van der Waals surface area contributed by atoms with Gasteiger partial charge in [-0.1, -0.05) is 24.2 Å². The SMILES string of the molecule is O=C(Nc1nc2c(s1)CN(S(=O)(=O)c1cc(F)ccc1F)CC2)NC1CCCC1. The summed E-state index contributed by atoms with van der Waals surface area (Å²) in [5.74, 6) is -1.81. The second-order valence-corrected chi connectivity index (χ2v) is 10.1. The number of benzene rings is 1. The van der Waals surface area contributed by atoms with E-state index in [4.69, 9.17) is 0 Å². The number of anilines is 1. The lowest BCUT2D eigenvalue weighted by Crippen LogP contribution is -2.36. The molecule has 2 N–H and O–H groups in total. The van der Waals surface area contributed by atoms with Crippen LogP contribution in [0.1, 0.15) is 36.3 Å². The minimum Gasteiger partial charge on any atom is -0.335 e. The molecule has 0 bridgehead atoms. The van der Waals surface area contributed by atoms with Crippen molar-refractivity contribution in [2.75, 3.05) is 11.9 Å². The lowest BCUT2D eigenvalue weighted by molar-refractivity contribution is 0.248. The molecule has 0 radical (unpaired) electrons. The number of thiazole rings is 1. The molecule has 4 rings (SSSR count). The maximum absolute atomic E-state index is 14.0. The molecule has 7 nitrogen and oxygen atoms in total. The summed E-state index contributed by atoms with van der Waals surface area (Å²) in [7, 11) is -4.19. The summed E-state index contributed by atoms with van der Waals surface area (Å²) in [5.41, 5.74) is 0.706. The van der Waals surface area contributed by atoms with Gasteiger partial charge in [-0.05, 0) is 31.0 Å². The van der Waals surface area contributed by atoms with E-state index in [1.54, 1.807) is 0 Å². The van der Waals surface area contributed by atoms with Crippen molar-refractivity contribution in [3.05, 3.63) is 40.4 Å². The van der Waals surface area contributed by atoms with Crippen molar-refractivity contribution in [3.63, 3.8) is 0 Å². The van der Waals surface area contributed by atoms with Gasteiger partial charge in [0.1, 0.15) is 16.5 Å². The quantitative estimate of drug-likeness (QED) is 0.761. The van der Waals surface area contributed by atoms with Crippen LogP contribution in [0.4, 0.5) is 18.7 Å². The number of carbonyl (C=O) groups is 1. The summed E-state index contributed by atoms with van der Waals surface area (Å²) >= 11 is 1.19. The molecule has 2 amide bonds. The van der Waals surface area contributed by atoms with Gasteiger partial charge in [0.15, 0.2) is 5.13 Å². The maximum atomic E-state index is 14.0. The number of nitrogens with one attached hydrogen (secondary N) is 2.